The maximum absolute atomic E-state index is 11.9. The standard InChI is InChI=1S/C12H15BrClNO/c1-8(2)11(7-13)15-12(16)9-4-3-5-10(14)6-9/h3-6,8,11H,7H2,1-2H3,(H,15,16). The number of hydrogen-bond acceptors (Lipinski definition) is 1. The maximum atomic E-state index is 11.9. The van der Waals surface area contributed by atoms with Gasteiger partial charge in [-0.3, -0.25) is 4.79 Å². The third-order valence-corrected chi connectivity index (χ3v) is 3.31. The van der Waals surface area contributed by atoms with Gasteiger partial charge in [0.05, 0.1) is 0 Å². The third-order valence-electron chi connectivity index (χ3n) is 2.37. The lowest BCUT2D eigenvalue weighted by atomic mass is 10.1. The van der Waals surface area contributed by atoms with E-state index in [1.165, 1.54) is 0 Å². The van der Waals surface area contributed by atoms with Crippen LogP contribution in [-0.4, -0.2) is 17.3 Å². The predicted molar refractivity (Wildman–Crippen MR) is 71.3 cm³/mol. The SMILES string of the molecule is CC(C)C(CBr)NC(=O)c1cccc(Cl)c1. The van der Waals surface area contributed by atoms with Crippen molar-refractivity contribution in [3.8, 4) is 0 Å². The molecule has 2 nitrogen and oxygen atoms in total. The van der Waals surface area contributed by atoms with Crippen molar-refractivity contribution in [1.29, 1.82) is 0 Å². The molecule has 1 unspecified atom stereocenters. The smallest absolute Gasteiger partial charge is 0.251 e. The fourth-order valence-electron chi connectivity index (χ4n) is 1.26. The van der Waals surface area contributed by atoms with E-state index in [1.54, 1.807) is 24.3 Å². The van der Waals surface area contributed by atoms with E-state index in [1.807, 2.05) is 0 Å². The minimum absolute atomic E-state index is 0.0827. The van der Waals surface area contributed by atoms with E-state index in [4.69, 9.17) is 11.6 Å². The van der Waals surface area contributed by atoms with Crippen molar-refractivity contribution in [1.82, 2.24) is 5.32 Å². The Morgan fingerprint density at radius 3 is 2.69 bits per heavy atom. The zero-order chi connectivity index (χ0) is 12.1. The molecule has 16 heavy (non-hydrogen) atoms. The lowest BCUT2D eigenvalue weighted by Crippen LogP contribution is -2.39. The van der Waals surface area contributed by atoms with Gasteiger partial charge in [0, 0.05) is 22.0 Å². The lowest BCUT2D eigenvalue weighted by Gasteiger charge is -2.19. The number of carbonyl (C=O) groups excluding carboxylic acids is 1. The average molecular weight is 305 g/mol. The van der Waals surface area contributed by atoms with Gasteiger partial charge in [0.15, 0.2) is 0 Å². The van der Waals surface area contributed by atoms with Crippen LogP contribution in [-0.2, 0) is 0 Å². The average Bonchev–Trinajstić information content (AvgIpc) is 2.25. The summed E-state index contributed by atoms with van der Waals surface area (Å²) in [5.41, 5.74) is 0.596. The van der Waals surface area contributed by atoms with Gasteiger partial charge in [-0.15, -0.1) is 0 Å². The molecule has 1 rings (SSSR count). The van der Waals surface area contributed by atoms with E-state index in [0.717, 1.165) is 5.33 Å². The van der Waals surface area contributed by atoms with Crippen molar-refractivity contribution in [2.24, 2.45) is 5.92 Å². The highest BCUT2D eigenvalue weighted by Gasteiger charge is 2.15. The summed E-state index contributed by atoms with van der Waals surface area (Å²) in [4.78, 5) is 11.9. The van der Waals surface area contributed by atoms with Gasteiger partial charge in [0.2, 0.25) is 0 Å². The van der Waals surface area contributed by atoms with Gasteiger partial charge in [-0.2, -0.15) is 0 Å². The van der Waals surface area contributed by atoms with Crippen LogP contribution in [0.3, 0.4) is 0 Å². The molecule has 88 valence electrons. The molecule has 4 heteroatoms. The summed E-state index contributed by atoms with van der Waals surface area (Å²) in [7, 11) is 0. The third kappa shape index (κ3) is 3.80. The summed E-state index contributed by atoms with van der Waals surface area (Å²) in [6, 6.07) is 7.08. The normalized spacial score (nSPS) is 12.6. The number of amides is 1. The zero-order valence-corrected chi connectivity index (χ0v) is 11.7. The van der Waals surface area contributed by atoms with Crippen LogP contribution in [0.15, 0.2) is 24.3 Å². The van der Waals surface area contributed by atoms with E-state index in [2.05, 4.69) is 35.1 Å². The number of rotatable bonds is 4. The minimum atomic E-state index is -0.0827. The molecule has 0 radical (unpaired) electrons. The van der Waals surface area contributed by atoms with Crippen LogP contribution in [0.2, 0.25) is 5.02 Å². The first kappa shape index (κ1) is 13.5. The summed E-state index contributed by atoms with van der Waals surface area (Å²) in [5, 5.41) is 4.29. The van der Waals surface area contributed by atoms with Gasteiger partial charge in [-0.25, -0.2) is 0 Å². The van der Waals surface area contributed by atoms with Crippen molar-refractivity contribution >= 4 is 33.4 Å². The second kappa shape index (κ2) is 6.26. The molecule has 1 amide bonds. The van der Waals surface area contributed by atoms with Gasteiger partial charge in [-0.05, 0) is 24.1 Å². The topological polar surface area (TPSA) is 29.1 Å². The lowest BCUT2D eigenvalue weighted by molar-refractivity contribution is 0.0932. The van der Waals surface area contributed by atoms with Gasteiger partial charge >= 0.3 is 0 Å². The summed E-state index contributed by atoms with van der Waals surface area (Å²) >= 11 is 9.22. The highest BCUT2D eigenvalue weighted by molar-refractivity contribution is 9.09. The second-order valence-electron chi connectivity index (χ2n) is 3.99. The Morgan fingerprint density at radius 2 is 2.19 bits per heavy atom. The fraction of sp³-hybridized carbons (Fsp3) is 0.417. The van der Waals surface area contributed by atoms with Gasteiger partial charge in [0.25, 0.3) is 5.91 Å². The van der Waals surface area contributed by atoms with Crippen LogP contribution < -0.4 is 5.32 Å². The van der Waals surface area contributed by atoms with E-state index >= 15 is 0 Å². The Bertz CT molecular complexity index is 368. The minimum Gasteiger partial charge on any atom is -0.348 e. The maximum Gasteiger partial charge on any atom is 0.251 e. The van der Waals surface area contributed by atoms with Gasteiger partial charge in [0.1, 0.15) is 0 Å². The molecule has 1 aromatic rings. The molecule has 1 aromatic carbocycles. The highest BCUT2D eigenvalue weighted by atomic mass is 79.9. The number of halogens is 2. The van der Waals surface area contributed by atoms with Crippen LogP contribution in [0, 0.1) is 5.92 Å². The van der Waals surface area contributed by atoms with E-state index < -0.39 is 0 Å². The summed E-state index contributed by atoms with van der Waals surface area (Å²) in [5.74, 6) is 0.308. The van der Waals surface area contributed by atoms with Crippen molar-refractivity contribution in [2.75, 3.05) is 5.33 Å². The fourth-order valence-corrected chi connectivity index (χ4v) is 2.36. The molecule has 1 atom stereocenters. The molecule has 0 saturated heterocycles. The van der Waals surface area contributed by atoms with Gasteiger partial charge in [-0.1, -0.05) is 47.4 Å². The Labute approximate surface area is 110 Å². The molecule has 0 spiro atoms. The number of alkyl halides is 1. The molecule has 0 saturated carbocycles. The molecule has 1 N–H and O–H groups in total. The summed E-state index contributed by atoms with van der Waals surface area (Å²) in [6.45, 7) is 4.15. The van der Waals surface area contributed by atoms with E-state index in [0.29, 0.717) is 16.5 Å². The molecule has 0 fully saturated rings. The molecule has 0 heterocycles. The summed E-state index contributed by atoms with van der Waals surface area (Å²) in [6.07, 6.45) is 0. The Kier molecular flexibility index (Phi) is 5.29. The molecule has 0 aliphatic rings. The molecular weight excluding hydrogens is 289 g/mol. The number of benzene rings is 1. The highest BCUT2D eigenvalue weighted by Crippen LogP contribution is 2.12. The van der Waals surface area contributed by atoms with Gasteiger partial charge < -0.3 is 5.32 Å². The predicted octanol–water partition coefficient (Wildman–Crippen LogP) is 3.49. The van der Waals surface area contributed by atoms with Crippen molar-refractivity contribution in [2.45, 2.75) is 19.9 Å². The molecule has 0 aliphatic heterocycles. The van der Waals surface area contributed by atoms with Crippen molar-refractivity contribution in [3.05, 3.63) is 34.9 Å². The number of carbonyl (C=O) groups is 1. The first-order chi connectivity index (χ1) is 7.54. The largest absolute Gasteiger partial charge is 0.348 e. The molecule has 0 aliphatic carbocycles. The van der Waals surface area contributed by atoms with Crippen LogP contribution in [0.4, 0.5) is 0 Å². The van der Waals surface area contributed by atoms with Crippen LogP contribution in [0.5, 0.6) is 0 Å². The zero-order valence-electron chi connectivity index (χ0n) is 9.34. The van der Waals surface area contributed by atoms with E-state index in [9.17, 15) is 4.79 Å². The number of hydrogen-bond donors (Lipinski definition) is 1. The van der Waals surface area contributed by atoms with Crippen molar-refractivity contribution in [3.63, 3.8) is 0 Å². The summed E-state index contributed by atoms with van der Waals surface area (Å²) < 4.78 is 0. The quantitative estimate of drug-likeness (QED) is 0.848. The first-order valence-corrected chi connectivity index (χ1v) is 6.67. The molecule has 0 aromatic heterocycles. The monoisotopic (exact) mass is 303 g/mol. The van der Waals surface area contributed by atoms with E-state index in [-0.39, 0.29) is 11.9 Å². The van der Waals surface area contributed by atoms with Crippen LogP contribution >= 0.6 is 27.5 Å². The van der Waals surface area contributed by atoms with Crippen molar-refractivity contribution < 1.29 is 4.79 Å². The second-order valence-corrected chi connectivity index (χ2v) is 5.07. The Hall–Kier alpha value is -0.540. The number of nitrogens with one attached hydrogen (secondary N) is 1. The molecular formula is C12H15BrClNO. The van der Waals surface area contributed by atoms with Crippen LogP contribution in [0.1, 0.15) is 24.2 Å². The molecule has 0 bridgehead atoms. The van der Waals surface area contributed by atoms with Crippen LogP contribution in [0.25, 0.3) is 0 Å². The Balaban J connectivity index is 2.72. The first-order valence-electron chi connectivity index (χ1n) is 5.17. The Morgan fingerprint density at radius 1 is 1.50 bits per heavy atom.